The van der Waals surface area contributed by atoms with Gasteiger partial charge in [-0.15, -0.1) is 0 Å². The molecule has 4 nitrogen and oxygen atoms in total. The molecule has 1 unspecified atom stereocenters. The second-order valence-electron chi connectivity index (χ2n) is 6.51. The van der Waals surface area contributed by atoms with Crippen molar-refractivity contribution in [2.24, 2.45) is 5.92 Å². The molecule has 1 aliphatic carbocycles. The van der Waals surface area contributed by atoms with Crippen LogP contribution < -0.4 is 0 Å². The summed E-state index contributed by atoms with van der Waals surface area (Å²) in [7, 11) is 1.50. The Kier molecular flexibility index (Phi) is 3.22. The molecule has 1 saturated heterocycles. The van der Waals surface area contributed by atoms with Crippen LogP contribution in [0.2, 0.25) is 0 Å². The molecule has 3 atom stereocenters. The fourth-order valence-electron chi connectivity index (χ4n) is 4.50. The molecule has 2 aromatic rings. The van der Waals surface area contributed by atoms with Crippen molar-refractivity contribution < 1.29 is 9.53 Å². The van der Waals surface area contributed by atoms with Crippen molar-refractivity contribution in [1.29, 1.82) is 0 Å². The molecule has 1 N–H and O–H groups in total. The molecule has 1 fully saturated rings. The second kappa shape index (κ2) is 5.13. The van der Waals surface area contributed by atoms with Gasteiger partial charge in [0.15, 0.2) is 0 Å². The minimum atomic E-state index is -0.0658. The molecule has 2 aliphatic rings. The van der Waals surface area contributed by atoms with E-state index < -0.39 is 0 Å². The third-order valence-corrected chi connectivity index (χ3v) is 5.52. The molecule has 0 spiro atoms. The fourth-order valence-corrected chi connectivity index (χ4v) is 4.50. The molecule has 1 aromatic carbocycles. The van der Waals surface area contributed by atoms with Gasteiger partial charge in [0.1, 0.15) is 0 Å². The highest BCUT2D eigenvalue weighted by molar-refractivity contribution is 5.88. The van der Waals surface area contributed by atoms with E-state index in [2.05, 4.69) is 41.2 Å². The number of carbonyl (C=O) groups is 1. The summed E-state index contributed by atoms with van der Waals surface area (Å²) >= 11 is 0. The van der Waals surface area contributed by atoms with Gasteiger partial charge >= 0.3 is 5.97 Å². The fraction of sp³-hybridized carbons (Fsp3) is 0.500. The molecule has 22 heavy (non-hydrogen) atoms. The Hall–Kier alpha value is -1.81. The van der Waals surface area contributed by atoms with Gasteiger partial charge in [0.05, 0.1) is 13.0 Å². The monoisotopic (exact) mass is 298 g/mol. The van der Waals surface area contributed by atoms with Gasteiger partial charge in [-0.25, -0.2) is 0 Å². The minimum Gasteiger partial charge on any atom is -0.469 e. The number of hydrogen-bond acceptors (Lipinski definition) is 3. The minimum absolute atomic E-state index is 0.0121. The molecule has 4 heteroatoms. The Morgan fingerprint density at radius 1 is 1.45 bits per heavy atom. The number of carbonyl (C=O) groups excluding carboxylic acids is 1. The van der Waals surface area contributed by atoms with Crippen LogP contribution in [0.1, 0.15) is 30.4 Å². The van der Waals surface area contributed by atoms with Crippen LogP contribution in [0, 0.1) is 5.92 Å². The number of benzene rings is 1. The summed E-state index contributed by atoms with van der Waals surface area (Å²) in [5.41, 5.74) is 4.04. The van der Waals surface area contributed by atoms with Gasteiger partial charge < -0.3 is 9.72 Å². The second-order valence-corrected chi connectivity index (χ2v) is 6.51. The highest BCUT2D eigenvalue weighted by atomic mass is 16.5. The topological polar surface area (TPSA) is 45.3 Å². The van der Waals surface area contributed by atoms with Crippen molar-refractivity contribution in [3.8, 4) is 0 Å². The number of piperidine rings is 1. The molecule has 0 bridgehead atoms. The summed E-state index contributed by atoms with van der Waals surface area (Å²) in [5, 5.41) is 1.38. The van der Waals surface area contributed by atoms with Gasteiger partial charge in [-0.05, 0) is 36.6 Å². The number of likely N-dealkylation sites (N-methyl/N-ethyl adjacent to an activating group) is 1. The first-order valence-electron chi connectivity index (χ1n) is 8.13. The average molecular weight is 298 g/mol. The number of nitrogens with one attached hydrogen (secondary N) is 1. The molecule has 116 valence electrons. The van der Waals surface area contributed by atoms with E-state index in [-0.39, 0.29) is 11.9 Å². The van der Waals surface area contributed by atoms with E-state index in [1.807, 2.05) is 0 Å². The number of fused-ring (bicyclic) bond motifs is 2. The molecule has 1 aromatic heterocycles. The molecule has 0 saturated carbocycles. The lowest BCUT2D eigenvalue weighted by Gasteiger charge is -2.46. The Morgan fingerprint density at radius 2 is 2.32 bits per heavy atom. The maximum Gasteiger partial charge on any atom is 0.309 e. The van der Waals surface area contributed by atoms with Gasteiger partial charge in [0, 0.05) is 35.6 Å². The largest absolute Gasteiger partial charge is 0.469 e. The Balaban J connectivity index is 1.79. The van der Waals surface area contributed by atoms with Gasteiger partial charge in [-0.1, -0.05) is 19.1 Å². The highest BCUT2D eigenvalue weighted by Crippen LogP contribution is 2.44. The zero-order valence-corrected chi connectivity index (χ0v) is 13.1. The van der Waals surface area contributed by atoms with E-state index in [0.29, 0.717) is 12.0 Å². The SMILES string of the molecule is CCN1CC(C(=O)OC)C[C@@H]2c3cccc4[nH]cc(c34)C[C@H]21. The quantitative estimate of drug-likeness (QED) is 0.867. The van der Waals surface area contributed by atoms with Crippen LogP contribution in [0.3, 0.4) is 0 Å². The molecule has 0 radical (unpaired) electrons. The molecule has 0 amide bonds. The van der Waals surface area contributed by atoms with Crippen LogP contribution >= 0.6 is 0 Å². The van der Waals surface area contributed by atoms with Crippen molar-refractivity contribution in [2.45, 2.75) is 31.7 Å². The number of aromatic amines is 1. The van der Waals surface area contributed by atoms with Gasteiger partial charge in [-0.3, -0.25) is 9.69 Å². The molecule has 4 rings (SSSR count). The summed E-state index contributed by atoms with van der Waals surface area (Å²) in [6.45, 7) is 3.98. The number of likely N-dealkylation sites (tertiary alicyclic amines) is 1. The lowest BCUT2D eigenvalue weighted by atomic mass is 9.72. The zero-order valence-electron chi connectivity index (χ0n) is 13.1. The maximum atomic E-state index is 12.1. The van der Waals surface area contributed by atoms with Crippen LogP contribution in [0.4, 0.5) is 0 Å². The summed E-state index contributed by atoms with van der Waals surface area (Å²) < 4.78 is 5.02. The normalized spacial score (nSPS) is 27.6. The molecular formula is C18H22N2O2. The molecule has 2 heterocycles. The average Bonchev–Trinajstić information content (AvgIpc) is 2.98. The Labute approximate surface area is 130 Å². The summed E-state index contributed by atoms with van der Waals surface area (Å²) in [6, 6.07) is 7.00. The van der Waals surface area contributed by atoms with Crippen LogP contribution in [-0.2, 0) is 16.0 Å². The van der Waals surface area contributed by atoms with Crippen LogP contribution in [-0.4, -0.2) is 42.1 Å². The van der Waals surface area contributed by atoms with Crippen molar-refractivity contribution in [3.05, 3.63) is 35.5 Å². The zero-order chi connectivity index (χ0) is 15.3. The maximum absolute atomic E-state index is 12.1. The van der Waals surface area contributed by atoms with Gasteiger partial charge in [0.25, 0.3) is 0 Å². The van der Waals surface area contributed by atoms with E-state index in [4.69, 9.17) is 4.74 Å². The van der Waals surface area contributed by atoms with Crippen molar-refractivity contribution in [2.75, 3.05) is 20.2 Å². The Bertz CT molecular complexity index is 721. The van der Waals surface area contributed by atoms with E-state index in [1.54, 1.807) is 0 Å². The summed E-state index contributed by atoms with van der Waals surface area (Å²) in [5.74, 6) is 0.343. The van der Waals surface area contributed by atoms with Gasteiger partial charge in [0.2, 0.25) is 0 Å². The van der Waals surface area contributed by atoms with E-state index >= 15 is 0 Å². The third kappa shape index (κ3) is 1.90. The van der Waals surface area contributed by atoms with Crippen LogP contribution in [0.15, 0.2) is 24.4 Å². The number of hydrogen-bond donors (Lipinski definition) is 1. The smallest absolute Gasteiger partial charge is 0.309 e. The summed E-state index contributed by atoms with van der Waals surface area (Å²) in [6.07, 6.45) is 4.13. The number of nitrogens with zero attached hydrogens (tertiary/aromatic N) is 1. The number of methoxy groups -OCH3 is 1. The van der Waals surface area contributed by atoms with E-state index in [9.17, 15) is 4.79 Å². The molecular weight excluding hydrogens is 276 g/mol. The number of H-pyrrole nitrogens is 1. The number of esters is 1. The van der Waals surface area contributed by atoms with Crippen molar-refractivity contribution in [3.63, 3.8) is 0 Å². The number of rotatable bonds is 2. The summed E-state index contributed by atoms with van der Waals surface area (Å²) in [4.78, 5) is 17.9. The molecule has 1 aliphatic heterocycles. The lowest BCUT2D eigenvalue weighted by Crippen LogP contribution is -2.51. The van der Waals surface area contributed by atoms with E-state index in [0.717, 1.165) is 25.9 Å². The number of aromatic nitrogens is 1. The van der Waals surface area contributed by atoms with Crippen molar-refractivity contribution in [1.82, 2.24) is 9.88 Å². The third-order valence-electron chi connectivity index (χ3n) is 5.52. The first-order valence-corrected chi connectivity index (χ1v) is 8.13. The predicted molar refractivity (Wildman–Crippen MR) is 85.9 cm³/mol. The first kappa shape index (κ1) is 13.8. The van der Waals surface area contributed by atoms with Gasteiger partial charge in [-0.2, -0.15) is 0 Å². The van der Waals surface area contributed by atoms with Crippen LogP contribution in [0.5, 0.6) is 0 Å². The van der Waals surface area contributed by atoms with E-state index in [1.165, 1.54) is 29.1 Å². The first-order chi connectivity index (χ1) is 10.7. The highest BCUT2D eigenvalue weighted by Gasteiger charge is 2.42. The van der Waals surface area contributed by atoms with Crippen molar-refractivity contribution >= 4 is 16.9 Å². The van der Waals surface area contributed by atoms with Crippen LogP contribution in [0.25, 0.3) is 10.9 Å². The standard InChI is InChI=1S/C18H22N2O2/c1-3-20-10-12(18(21)22-2)7-14-13-5-4-6-15-17(13)11(9-19-15)8-16(14)20/h4-6,9,12,14,16,19H,3,7-8,10H2,1-2H3/t12?,14-,16-/m1/s1. The predicted octanol–water partition coefficient (Wildman–Crippen LogP) is 2.69. The lowest BCUT2D eigenvalue weighted by molar-refractivity contribution is -0.148. The Morgan fingerprint density at radius 3 is 3.09 bits per heavy atom. The number of ether oxygens (including phenoxy) is 1.